The Kier molecular flexibility index (Phi) is 4.40. The lowest BCUT2D eigenvalue weighted by Crippen LogP contribution is -2.65. The zero-order valence-corrected chi connectivity index (χ0v) is 14.1. The molecular formula is C20H23N3O2. The van der Waals surface area contributed by atoms with Crippen LogP contribution >= 0.6 is 0 Å². The summed E-state index contributed by atoms with van der Waals surface area (Å²) >= 11 is 0. The molecule has 0 radical (unpaired) electrons. The molecule has 2 aliphatic rings. The molecule has 1 saturated carbocycles. The molecule has 3 atom stereocenters. The van der Waals surface area contributed by atoms with E-state index in [0.29, 0.717) is 6.04 Å². The summed E-state index contributed by atoms with van der Waals surface area (Å²) in [6.45, 7) is 0. The maximum atomic E-state index is 12.5. The number of hydrogen-bond donors (Lipinski definition) is 3. The summed E-state index contributed by atoms with van der Waals surface area (Å²) in [6.07, 6.45) is 4.58. The van der Waals surface area contributed by atoms with Crippen LogP contribution in [0.5, 0.6) is 0 Å². The van der Waals surface area contributed by atoms with E-state index in [1.165, 1.54) is 6.42 Å². The van der Waals surface area contributed by atoms with Crippen LogP contribution in [0.25, 0.3) is 10.8 Å². The first kappa shape index (κ1) is 16.1. The van der Waals surface area contributed by atoms with E-state index in [4.69, 9.17) is 0 Å². The minimum atomic E-state index is -0.450. The first-order valence-corrected chi connectivity index (χ1v) is 9.05. The zero-order chi connectivity index (χ0) is 17.2. The molecule has 2 aromatic rings. The normalized spacial score (nSPS) is 25.9. The minimum Gasteiger partial charge on any atom is -0.350 e. The molecule has 1 heterocycles. The van der Waals surface area contributed by atoms with E-state index in [9.17, 15) is 9.59 Å². The van der Waals surface area contributed by atoms with Crippen LogP contribution < -0.4 is 16.0 Å². The average molecular weight is 337 g/mol. The molecule has 3 N–H and O–H groups in total. The van der Waals surface area contributed by atoms with E-state index >= 15 is 0 Å². The van der Waals surface area contributed by atoms with E-state index in [1.54, 1.807) is 0 Å². The van der Waals surface area contributed by atoms with E-state index in [1.807, 2.05) is 42.5 Å². The monoisotopic (exact) mass is 337 g/mol. The Morgan fingerprint density at radius 1 is 1.04 bits per heavy atom. The summed E-state index contributed by atoms with van der Waals surface area (Å²) < 4.78 is 0. The minimum absolute atomic E-state index is 0.0591. The topological polar surface area (TPSA) is 70.2 Å². The van der Waals surface area contributed by atoms with Crippen molar-refractivity contribution in [3.8, 4) is 0 Å². The standard InChI is InChI=1S/C20H23N3O2/c24-19(22-15-11-5-7-13-6-1-2-8-14(13)15)12-18-20(25)23-17-10-4-3-9-16(17)21-18/h1-2,5-8,11,16-18,21H,3-4,9-10,12H2,(H,22,24)(H,23,25)/t16-,17+,18+/m1/s1. The fourth-order valence-electron chi connectivity index (χ4n) is 3.99. The Morgan fingerprint density at radius 2 is 1.80 bits per heavy atom. The van der Waals surface area contributed by atoms with Gasteiger partial charge in [0.2, 0.25) is 11.8 Å². The third kappa shape index (κ3) is 3.37. The second kappa shape index (κ2) is 6.84. The van der Waals surface area contributed by atoms with Gasteiger partial charge in [-0.2, -0.15) is 0 Å². The Balaban J connectivity index is 1.44. The molecule has 130 valence electrons. The molecular weight excluding hydrogens is 314 g/mol. The molecule has 5 heteroatoms. The fourth-order valence-corrected chi connectivity index (χ4v) is 3.99. The first-order chi connectivity index (χ1) is 12.2. The average Bonchev–Trinajstić information content (AvgIpc) is 2.63. The molecule has 0 aromatic heterocycles. The van der Waals surface area contributed by atoms with Gasteiger partial charge in [-0.1, -0.05) is 49.2 Å². The largest absolute Gasteiger partial charge is 0.350 e. The maximum Gasteiger partial charge on any atom is 0.237 e. The van der Waals surface area contributed by atoms with Crippen molar-refractivity contribution in [3.63, 3.8) is 0 Å². The molecule has 1 saturated heterocycles. The van der Waals surface area contributed by atoms with Crippen LogP contribution in [0.2, 0.25) is 0 Å². The molecule has 0 bridgehead atoms. The Bertz CT molecular complexity index is 799. The van der Waals surface area contributed by atoms with E-state index in [-0.39, 0.29) is 24.3 Å². The molecule has 25 heavy (non-hydrogen) atoms. The van der Waals surface area contributed by atoms with Gasteiger partial charge in [0.25, 0.3) is 0 Å². The van der Waals surface area contributed by atoms with Gasteiger partial charge in [-0.3, -0.25) is 9.59 Å². The van der Waals surface area contributed by atoms with Crippen LogP contribution in [0.15, 0.2) is 42.5 Å². The number of anilines is 1. The van der Waals surface area contributed by atoms with Crippen LogP contribution in [-0.2, 0) is 9.59 Å². The number of carbonyl (C=O) groups excluding carboxylic acids is 2. The van der Waals surface area contributed by atoms with Crippen LogP contribution in [0, 0.1) is 0 Å². The summed E-state index contributed by atoms with van der Waals surface area (Å²) in [5.74, 6) is -0.200. The van der Waals surface area contributed by atoms with Gasteiger partial charge in [-0.05, 0) is 24.3 Å². The molecule has 2 amide bonds. The predicted octanol–water partition coefficient (Wildman–Crippen LogP) is 2.57. The van der Waals surface area contributed by atoms with Crippen molar-refractivity contribution < 1.29 is 9.59 Å². The quantitative estimate of drug-likeness (QED) is 0.806. The molecule has 2 aromatic carbocycles. The fraction of sp³-hybridized carbons (Fsp3) is 0.400. The summed E-state index contributed by atoms with van der Waals surface area (Å²) in [5, 5.41) is 11.5. The van der Waals surface area contributed by atoms with Crippen molar-refractivity contribution in [1.82, 2.24) is 10.6 Å². The molecule has 0 spiro atoms. The number of piperazine rings is 1. The van der Waals surface area contributed by atoms with E-state index < -0.39 is 6.04 Å². The molecule has 5 nitrogen and oxygen atoms in total. The summed E-state index contributed by atoms with van der Waals surface area (Å²) in [5.41, 5.74) is 0.787. The lowest BCUT2D eigenvalue weighted by Gasteiger charge is -2.40. The predicted molar refractivity (Wildman–Crippen MR) is 98.3 cm³/mol. The molecule has 1 aliphatic heterocycles. The van der Waals surface area contributed by atoms with Gasteiger partial charge in [-0.15, -0.1) is 0 Å². The van der Waals surface area contributed by atoms with E-state index in [0.717, 1.165) is 35.7 Å². The second-order valence-corrected chi connectivity index (χ2v) is 7.00. The van der Waals surface area contributed by atoms with Crippen LogP contribution in [-0.4, -0.2) is 29.9 Å². The van der Waals surface area contributed by atoms with Gasteiger partial charge >= 0.3 is 0 Å². The van der Waals surface area contributed by atoms with Gasteiger partial charge < -0.3 is 16.0 Å². The second-order valence-electron chi connectivity index (χ2n) is 7.00. The number of fused-ring (bicyclic) bond motifs is 2. The molecule has 1 aliphatic carbocycles. The summed E-state index contributed by atoms with van der Waals surface area (Å²) in [4.78, 5) is 24.8. The third-order valence-electron chi connectivity index (χ3n) is 5.28. The number of nitrogens with one attached hydrogen (secondary N) is 3. The Labute approximate surface area is 147 Å². The summed E-state index contributed by atoms with van der Waals surface area (Å²) in [7, 11) is 0. The van der Waals surface area contributed by atoms with Gasteiger partial charge in [0, 0.05) is 23.2 Å². The number of carbonyl (C=O) groups is 2. The number of rotatable bonds is 3. The number of amides is 2. The highest BCUT2D eigenvalue weighted by Gasteiger charge is 2.36. The van der Waals surface area contributed by atoms with Crippen molar-refractivity contribution in [3.05, 3.63) is 42.5 Å². The Hall–Kier alpha value is -2.40. The highest BCUT2D eigenvalue weighted by atomic mass is 16.2. The lowest BCUT2D eigenvalue weighted by atomic mass is 9.87. The third-order valence-corrected chi connectivity index (χ3v) is 5.28. The number of benzene rings is 2. The van der Waals surface area contributed by atoms with Crippen LogP contribution in [0.3, 0.4) is 0 Å². The smallest absolute Gasteiger partial charge is 0.237 e. The van der Waals surface area contributed by atoms with Gasteiger partial charge in [-0.25, -0.2) is 0 Å². The maximum absolute atomic E-state index is 12.5. The van der Waals surface area contributed by atoms with Gasteiger partial charge in [0.05, 0.1) is 12.5 Å². The highest BCUT2D eigenvalue weighted by molar-refractivity contribution is 6.03. The summed E-state index contributed by atoms with van der Waals surface area (Å²) in [6, 6.07) is 13.8. The van der Waals surface area contributed by atoms with E-state index in [2.05, 4.69) is 16.0 Å². The van der Waals surface area contributed by atoms with Gasteiger partial charge in [0.1, 0.15) is 0 Å². The molecule has 4 rings (SSSR count). The van der Waals surface area contributed by atoms with Crippen molar-refractivity contribution >= 4 is 28.3 Å². The molecule has 2 fully saturated rings. The van der Waals surface area contributed by atoms with Crippen LogP contribution in [0.1, 0.15) is 32.1 Å². The number of hydrogen-bond acceptors (Lipinski definition) is 3. The Morgan fingerprint density at radius 3 is 2.68 bits per heavy atom. The van der Waals surface area contributed by atoms with Crippen LogP contribution in [0.4, 0.5) is 5.69 Å². The van der Waals surface area contributed by atoms with Crippen molar-refractivity contribution in [2.45, 2.75) is 50.2 Å². The molecule has 0 unspecified atom stereocenters. The van der Waals surface area contributed by atoms with Crippen molar-refractivity contribution in [1.29, 1.82) is 0 Å². The zero-order valence-electron chi connectivity index (χ0n) is 14.1. The SMILES string of the molecule is O=C(C[C@@H]1N[C@@H]2CCCC[C@@H]2NC1=O)Nc1cccc2ccccc12. The highest BCUT2D eigenvalue weighted by Crippen LogP contribution is 2.24. The van der Waals surface area contributed by atoms with Gasteiger partial charge in [0.15, 0.2) is 0 Å². The first-order valence-electron chi connectivity index (χ1n) is 9.05. The van der Waals surface area contributed by atoms with Crippen molar-refractivity contribution in [2.75, 3.05) is 5.32 Å². The lowest BCUT2D eigenvalue weighted by molar-refractivity contribution is -0.129. The van der Waals surface area contributed by atoms with Crippen molar-refractivity contribution in [2.24, 2.45) is 0 Å².